The number of amides is 1. The van der Waals surface area contributed by atoms with Crippen LogP contribution >= 0.6 is 0 Å². The molecule has 212 valence electrons. The summed E-state index contributed by atoms with van der Waals surface area (Å²) in [6, 6.07) is 3.97. The van der Waals surface area contributed by atoms with Crippen molar-refractivity contribution in [2.24, 2.45) is 5.92 Å². The number of aliphatic hydroxyl groups is 1. The van der Waals surface area contributed by atoms with E-state index < -0.39 is 38.1 Å². The summed E-state index contributed by atoms with van der Waals surface area (Å²) in [6.07, 6.45) is 3.68. The Morgan fingerprint density at radius 3 is 2.46 bits per heavy atom. The molecule has 0 aliphatic carbocycles. The lowest BCUT2D eigenvalue weighted by atomic mass is 10.0. The third-order valence-electron chi connectivity index (χ3n) is 6.36. The minimum Gasteiger partial charge on any atom is -0.490 e. The standard InChI is InChI=1S/C24H41N3O8S2/c1-17-14-27(18(2)16-28)24(29)21-13-20(25-36(5,30)31)10-11-22(21)35-19(3)9-7-8-12-34-23(17)15-26(4)37(6,32)33/h10-11,13,17-19,23,25,28H,7-9,12,14-16H2,1-6H3/t17-,18+,19-,23+/m1/s1. The quantitative estimate of drug-likeness (QED) is 0.511. The van der Waals surface area contributed by atoms with Gasteiger partial charge in [0.05, 0.1) is 42.9 Å². The van der Waals surface area contributed by atoms with E-state index >= 15 is 0 Å². The van der Waals surface area contributed by atoms with Gasteiger partial charge < -0.3 is 19.5 Å². The molecule has 1 aromatic rings. The molecule has 2 rings (SSSR count). The first-order valence-electron chi connectivity index (χ1n) is 12.4. The molecule has 0 bridgehead atoms. The zero-order valence-corrected chi connectivity index (χ0v) is 24.1. The molecule has 0 aromatic heterocycles. The molecule has 1 aliphatic rings. The van der Waals surface area contributed by atoms with E-state index in [1.807, 2.05) is 13.8 Å². The van der Waals surface area contributed by atoms with Gasteiger partial charge in [-0.05, 0) is 51.3 Å². The Morgan fingerprint density at radius 2 is 1.86 bits per heavy atom. The molecule has 1 amide bonds. The molecule has 1 aliphatic heterocycles. The lowest BCUT2D eigenvalue weighted by molar-refractivity contribution is -0.00828. The molecule has 0 saturated heterocycles. The minimum atomic E-state index is -3.58. The highest BCUT2D eigenvalue weighted by Gasteiger charge is 2.31. The summed E-state index contributed by atoms with van der Waals surface area (Å²) in [5, 5.41) is 9.94. The molecule has 37 heavy (non-hydrogen) atoms. The lowest BCUT2D eigenvalue weighted by Gasteiger charge is -2.35. The Bertz CT molecular complexity index is 1130. The van der Waals surface area contributed by atoms with Gasteiger partial charge in [-0.25, -0.2) is 21.1 Å². The number of hydrogen-bond donors (Lipinski definition) is 2. The maximum Gasteiger partial charge on any atom is 0.258 e. The normalized spacial score (nSPS) is 23.6. The molecule has 0 spiro atoms. The van der Waals surface area contributed by atoms with Crippen molar-refractivity contribution in [1.29, 1.82) is 0 Å². The second-order valence-corrected chi connectivity index (χ2v) is 13.8. The lowest BCUT2D eigenvalue weighted by Crippen LogP contribution is -2.47. The van der Waals surface area contributed by atoms with Gasteiger partial charge in [0.15, 0.2) is 0 Å². The van der Waals surface area contributed by atoms with Gasteiger partial charge in [-0.15, -0.1) is 0 Å². The molecule has 0 radical (unpaired) electrons. The number of likely N-dealkylation sites (N-methyl/N-ethyl adjacent to an activating group) is 1. The van der Waals surface area contributed by atoms with Crippen LogP contribution in [-0.4, -0.2) is 101 Å². The number of carbonyl (C=O) groups is 1. The monoisotopic (exact) mass is 563 g/mol. The number of nitrogens with one attached hydrogen (secondary N) is 1. The van der Waals surface area contributed by atoms with Crippen molar-refractivity contribution in [2.45, 2.75) is 58.3 Å². The average Bonchev–Trinajstić information content (AvgIpc) is 2.79. The number of fused-ring (bicyclic) bond motifs is 1. The van der Waals surface area contributed by atoms with Crippen LogP contribution in [0.2, 0.25) is 0 Å². The van der Waals surface area contributed by atoms with Crippen molar-refractivity contribution in [3.05, 3.63) is 23.8 Å². The van der Waals surface area contributed by atoms with E-state index in [4.69, 9.17) is 9.47 Å². The molecule has 4 atom stereocenters. The molecule has 0 saturated carbocycles. The van der Waals surface area contributed by atoms with E-state index in [1.54, 1.807) is 13.0 Å². The molecule has 13 heteroatoms. The molecular weight excluding hydrogens is 522 g/mol. The van der Waals surface area contributed by atoms with Crippen LogP contribution in [0.4, 0.5) is 5.69 Å². The van der Waals surface area contributed by atoms with Gasteiger partial charge >= 0.3 is 0 Å². The first kappa shape index (κ1) is 31.3. The summed E-state index contributed by atoms with van der Waals surface area (Å²) in [5.74, 6) is -0.410. The number of carbonyl (C=O) groups excluding carboxylic acids is 1. The Kier molecular flexibility index (Phi) is 11.2. The van der Waals surface area contributed by atoms with Crippen molar-refractivity contribution < 1.29 is 36.2 Å². The van der Waals surface area contributed by atoms with Gasteiger partial charge in [0, 0.05) is 38.3 Å². The summed E-state index contributed by atoms with van der Waals surface area (Å²) in [6.45, 7) is 5.88. The minimum absolute atomic E-state index is 0.119. The van der Waals surface area contributed by atoms with Crippen LogP contribution in [0.5, 0.6) is 5.75 Å². The van der Waals surface area contributed by atoms with Crippen LogP contribution in [0.25, 0.3) is 0 Å². The number of anilines is 1. The van der Waals surface area contributed by atoms with Gasteiger partial charge in [-0.1, -0.05) is 6.92 Å². The number of rotatable bonds is 7. The molecule has 1 heterocycles. The first-order valence-corrected chi connectivity index (χ1v) is 16.1. The predicted octanol–water partition coefficient (Wildman–Crippen LogP) is 1.75. The van der Waals surface area contributed by atoms with E-state index in [9.17, 15) is 26.7 Å². The molecular formula is C24H41N3O8S2. The summed E-state index contributed by atoms with van der Waals surface area (Å²) >= 11 is 0. The van der Waals surface area contributed by atoms with Crippen LogP contribution in [0.3, 0.4) is 0 Å². The van der Waals surface area contributed by atoms with Gasteiger partial charge in [-0.3, -0.25) is 9.52 Å². The van der Waals surface area contributed by atoms with E-state index in [-0.39, 0.29) is 43.0 Å². The number of ether oxygens (including phenoxy) is 2. The zero-order chi connectivity index (χ0) is 28.0. The number of sulfonamides is 2. The van der Waals surface area contributed by atoms with Crippen molar-refractivity contribution in [3.63, 3.8) is 0 Å². The van der Waals surface area contributed by atoms with Gasteiger partial charge in [0.1, 0.15) is 5.75 Å². The number of hydrogen-bond acceptors (Lipinski definition) is 8. The van der Waals surface area contributed by atoms with Crippen molar-refractivity contribution in [3.8, 4) is 5.75 Å². The Labute approximate surface area is 221 Å². The van der Waals surface area contributed by atoms with Crippen LogP contribution in [0.1, 0.15) is 50.4 Å². The van der Waals surface area contributed by atoms with E-state index in [2.05, 4.69) is 4.72 Å². The summed E-state index contributed by atoms with van der Waals surface area (Å²) in [4.78, 5) is 15.4. The molecule has 0 fully saturated rings. The van der Waals surface area contributed by atoms with E-state index in [0.717, 1.165) is 25.4 Å². The van der Waals surface area contributed by atoms with Crippen molar-refractivity contribution in [1.82, 2.24) is 9.21 Å². The van der Waals surface area contributed by atoms with Crippen molar-refractivity contribution >= 4 is 31.6 Å². The maximum absolute atomic E-state index is 13.9. The van der Waals surface area contributed by atoms with Crippen LogP contribution < -0.4 is 9.46 Å². The van der Waals surface area contributed by atoms with Crippen molar-refractivity contribution in [2.75, 3.05) is 50.6 Å². The van der Waals surface area contributed by atoms with Gasteiger partial charge in [0.25, 0.3) is 5.91 Å². The first-order chi connectivity index (χ1) is 17.1. The Hall–Kier alpha value is -1.93. The number of aliphatic hydroxyl groups excluding tert-OH is 1. The molecule has 1 aromatic carbocycles. The summed E-state index contributed by atoms with van der Waals surface area (Å²) < 4.78 is 63.6. The van der Waals surface area contributed by atoms with E-state index in [0.29, 0.717) is 18.8 Å². The topological polar surface area (TPSA) is 143 Å². The molecule has 2 N–H and O–H groups in total. The molecule has 0 unspecified atom stereocenters. The number of nitrogens with zero attached hydrogens (tertiary/aromatic N) is 2. The number of benzene rings is 1. The second-order valence-electron chi connectivity index (χ2n) is 9.93. The van der Waals surface area contributed by atoms with Crippen LogP contribution in [0, 0.1) is 5.92 Å². The highest BCUT2D eigenvalue weighted by molar-refractivity contribution is 7.92. The predicted molar refractivity (Wildman–Crippen MR) is 143 cm³/mol. The smallest absolute Gasteiger partial charge is 0.258 e. The SMILES string of the molecule is C[C@@H]1CCCCO[C@@H](CN(C)S(C)(=O)=O)[C@H](C)CN([C@@H](C)CO)C(=O)c2cc(NS(C)(=O)=O)ccc2O1. The van der Waals surface area contributed by atoms with Crippen LogP contribution in [-0.2, 0) is 24.8 Å². The fourth-order valence-corrected chi connectivity index (χ4v) is 5.02. The largest absolute Gasteiger partial charge is 0.490 e. The zero-order valence-electron chi connectivity index (χ0n) is 22.5. The molecule has 11 nitrogen and oxygen atoms in total. The van der Waals surface area contributed by atoms with E-state index in [1.165, 1.54) is 28.4 Å². The Balaban J connectivity index is 2.52. The van der Waals surface area contributed by atoms with Gasteiger partial charge in [-0.2, -0.15) is 0 Å². The summed E-state index contributed by atoms with van der Waals surface area (Å²) in [7, 11) is -5.53. The second kappa shape index (κ2) is 13.2. The fraction of sp³-hybridized carbons (Fsp3) is 0.708. The third kappa shape index (κ3) is 9.71. The fourth-order valence-electron chi connectivity index (χ4n) is 4.05. The third-order valence-corrected chi connectivity index (χ3v) is 8.25. The highest BCUT2D eigenvalue weighted by Crippen LogP contribution is 2.28. The van der Waals surface area contributed by atoms with Crippen LogP contribution in [0.15, 0.2) is 18.2 Å². The summed E-state index contributed by atoms with van der Waals surface area (Å²) in [5.41, 5.74) is 0.378. The average molecular weight is 564 g/mol. The maximum atomic E-state index is 13.9. The van der Waals surface area contributed by atoms with Gasteiger partial charge in [0.2, 0.25) is 20.0 Å². The Morgan fingerprint density at radius 1 is 1.19 bits per heavy atom. The highest BCUT2D eigenvalue weighted by atomic mass is 32.2.